The zero-order valence-corrected chi connectivity index (χ0v) is 15.3. The number of rotatable bonds is 7. The van der Waals surface area contributed by atoms with Crippen LogP contribution in [-0.2, 0) is 17.8 Å². The van der Waals surface area contributed by atoms with Crippen LogP contribution >= 0.6 is 0 Å². The van der Waals surface area contributed by atoms with E-state index < -0.39 is 0 Å². The van der Waals surface area contributed by atoms with Crippen molar-refractivity contribution in [3.05, 3.63) is 53.0 Å². The maximum Gasteiger partial charge on any atom is 0.220 e. The Bertz CT molecular complexity index is 919. The minimum absolute atomic E-state index is 0.00329. The molecule has 0 spiro atoms. The van der Waals surface area contributed by atoms with Crippen LogP contribution in [0.1, 0.15) is 35.7 Å². The summed E-state index contributed by atoms with van der Waals surface area (Å²) < 4.78 is 7.25. The molecule has 0 saturated carbocycles. The van der Waals surface area contributed by atoms with Gasteiger partial charge in [-0.2, -0.15) is 5.10 Å². The van der Waals surface area contributed by atoms with Gasteiger partial charge in [-0.3, -0.25) is 4.79 Å². The molecule has 2 aromatic heterocycles. The average molecular weight is 353 g/mol. The number of para-hydroxylation sites is 1. The lowest BCUT2D eigenvalue weighted by molar-refractivity contribution is -0.121. The maximum absolute atomic E-state index is 12.3. The molecule has 0 saturated heterocycles. The summed E-state index contributed by atoms with van der Waals surface area (Å²) in [5, 5.41) is 15.4. The first-order chi connectivity index (χ1) is 12.6. The van der Waals surface area contributed by atoms with Gasteiger partial charge in [-0.25, -0.2) is 4.52 Å². The van der Waals surface area contributed by atoms with Crippen molar-refractivity contribution in [3.8, 4) is 5.75 Å². The van der Waals surface area contributed by atoms with E-state index in [2.05, 4.69) is 20.6 Å². The molecule has 136 valence electrons. The second kappa shape index (κ2) is 7.95. The number of amides is 1. The fourth-order valence-electron chi connectivity index (χ4n) is 3.01. The van der Waals surface area contributed by atoms with E-state index >= 15 is 0 Å². The molecule has 1 N–H and O–H groups in total. The van der Waals surface area contributed by atoms with Crippen LogP contribution in [0.4, 0.5) is 0 Å². The average Bonchev–Trinajstić information content (AvgIpc) is 3.09. The van der Waals surface area contributed by atoms with E-state index in [4.69, 9.17) is 4.74 Å². The van der Waals surface area contributed by atoms with E-state index in [1.807, 2.05) is 45.0 Å². The molecule has 1 aromatic carbocycles. The third-order valence-electron chi connectivity index (χ3n) is 4.36. The number of hydrogen-bond acceptors (Lipinski definition) is 5. The van der Waals surface area contributed by atoms with Crippen molar-refractivity contribution < 1.29 is 9.53 Å². The van der Waals surface area contributed by atoms with E-state index in [1.165, 1.54) is 0 Å². The number of aromatic nitrogens is 4. The molecule has 0 unspecified atom stereocenters. The molecule has 0 radical (unpaired) electrons. The zero-order chi connectivity index (χ0) is 18.5. The Hall–Kier alpha value is -2.96. The van der Waals surface area contributed by atoms with Gasteiger partial charge in [0.2, 0.25) is 5.91 Å². The Balaban J connectivity index is 1.61. The monoisotopic (exact) mass is 353 g/mol. The minimum Gasteiger partial charge on any atom is -0.494 e. The Labute approximate surface area is 152 Å². The molecule has 0 atom stereocenters. The molecule has 3 rings (SSSR count). The van der Waals surface area contributed by atoms with Crippen LogP contribution in [0.5, 0.6) is 5.75 Å². The Morgan fingerprint density at radius 1 is 1.27 bits per heavy atom. The number of fused-ring (bicyclic) bond motifs is 1. The van der Waals surface area contributed by atoms with Gasteiger partial charge in [0.1, 0.15) is 12.1 Å². The smallest absolute Gasteiger partial charge is 0.220 e. The third kappa shape index (κ3) is 3.82. The van der Waals surface area contributed by atoms with Crippen molar-refractivity contribution in [2.24, 2.45) is 0 Å². The molecule has 0 aliphatic rings. The second-order valence-electron chi connectivity index (χ2n) is 6.11. The van der Waals surface area contributed by atoms with Crippen LogP contribution in [0, 0.1) is 13.8 Å². The quantitative estimate of drug-likeness (QED) is 0.705. The summed E-state index contributed by atoms with van der Waals surface area (Å²) in [7, 11) is 0. The molecule has 0 fully saturated rings. The Kier molecular flexibility index (Phi) is 5.46. The van der Waals surface area contributed by atoms with Crippen molar-refractivity contribution in [2.45, 2.75) is 40.2 Å². The number of benzene rings is 1. The summed E-state index contributed by atoms with van der Waals surface area (Å²) in [5.74, 6) is 0.805. The van der Waals surface area contributed by atoms with E-state index in [9.17, 15) is 4.79 Å². The highest BCUT2D eigenvalue weighted by molar-refractivity contribution is 5.76. The van der Waals surface area contributed by atoms with E-state index in [-0.39, 0.29) is 5.91 Å². The first-order valence-corrected chi connectivity index (χ1v) is 8.73. The molecule has 0 bridgehead atoms. The fraction of sp³-hybridized carbons (Fsp3) is 0.368. The number of nitrogens with zero attached hydrogens (tertiary/aromatic N) is 4. The van der Waals surface area contributed by atoms with E-state index in [0.717, 1.165) is 33.8 Å². The van der Waals surface area contributed by atoms with Gasteiger partial charge < -0.3 is 10.1 Å². The first-order valence-electron chi connectivity index (χ1n) is 8.73. The van der Waals surface area contributed by atoms with Crippen LogP contribution in [0.2, 0.25) is 0 Å². The first kappa shape index (κ1) is 17.8. The molecule has 3 aromatic rings. The lowest BCUT2D eigenvalue weighted by Crippen LogP contribution is -2.23. The number of aryl methyl sites for hydroxylation is 2. The summed E-state index contributed by atoms with van der Waals surface area (Å²) in [6, 6.07) is 7.74. The van der Waals surface area contributed by atoms with Gasteiger partial charge in [0.15, 0.2) is 5.65 Å². The van der Waals surface area contributed by atoms with Gasteiger partial charge in [0, 0.05) is 24.1 Å². The molecule has 7 heteroatoms. The predicted octanol–water partition coefficient (Wildman–Crippen LogP) is 2.39. The highest BCUT2D eigenvalue weighted by atomic mass is 16.5. The molecule has 0 aliphatic heterocycles. The van der Waals surface area contributed by atoms with Crippen molar-refractivity contribution in [2.75, 3.05) is 6.61 Å². The van der Waals surface area contributed by atoms with Gasteiger partial charge in [0.25, 0.3) is 0 Å². The highest BCUT2D eigenvalue weighted by Crippen LogP contribution is 2.19. The lowest BCUT2D eigenvalue weighted by Gasteiger charge is -2.12. The molecular formula is C19H23N5O2. The summed E-state index contributed by atoms with van der Waals surface area (Å²) in [6.45, 7) is 6.93. The molecule has 26 heavy (non-hydrogen) atoms. The van der Waals surface area contributed by atoms with Crippen molar-refractivity contribution in [1.29, 1.82) is 0 Å². The summed E-state index contributed by atoms with van der Waals surface area (Å²) in [5.41, 5.74) is 4.67. The fourth-order valence-corrected chi connectivity index (χ4v) is 3.01. The van der Waals surface area contributed by atoms with Crippen molar-refractivity contribution >= 4 is 11.6 Å². The normalized spacial score (nSPS) is 10.9. The van der Waals surface area contributed by atoms with Crippen molar-refractivity contribution in [3.63, 3.8) is 0 Å². The van der Waals surface area contributed by atoms with Gasteiger partial charge in [-0.1, -0.05) is 18.2 Å². The maximum atomic E-state index is 12.3. The van der Waals surface area contributed by atoms with Gasteiger partial charge in [0.05, 0.1) is 12.3 Å². The largest absolute Gasteiger partial charge is 0.494 e. The van der Waals surface area contributed by atoms with Gasteiger partial charge in [-0.05, 0) is 38.8 Å². The zero-order valence-electron chi connectivity index (χ0n) is 15.3. The third-order valence-corrected chi connectivity index (χ3v) is 4.36. The standard InChI is InChI=1S/C19H23N5O2/c1-4-26-17-8-6-5-7-15(17)11-20-18(25)10-9-16-13(2)19-22-21-12-24(19)23-14(16)3/h5-8,12H,4,9-11H2,1-3H3,(H,20,25). The summed E-state index contributed by atoms with van der Waals surface area (Å²) in [4.78, 5) is 12.3. The van der Waals surface area contributed by atoms with Crippen LogP contribution < -0.4 is 10.1 Å². The summed E-state index contributed by atoms with van der Waals surface area (Å²) >= 11 is 0. The predicted molar refractivity (Wildman–Crippen MR) is 98.0 cm³/mol. The van der Waals surface area contributed by atoms with Gasteiger partial charge >= 0.3 is 0 Å². The Morgan fingerprint density at radius 3 is 2.88 bits per heavy atom. The molecule has 0 aliphatic carbocycles. The second-order valence-corrected chi connectivity index (χ2v) is 6.11. The number of carbonyl (C=O) groups excluding carboxylic acids is 1. The van der Waals surface area contributed by atoms with Crippen LogP contribution in [0.15, 0.2) is 30.6 Å². The van der Waals surface area contributed by atoms with Crippen LogP contribution in [-0.4, -0.2) is 32.3 Å². The van der Waals surface area contributed by atoms with E-state index in [0.29, 0.717) is 26.0 Å². The minimum atomic E-state index is -0.00329. The molecular weight excluding hydrogens is 330 g/mol. The van der Waals surface area contributed by atoms with Gasteiger partial charge in [-0.15, -0.1) is 10.2 Å². The molecule has 2 heterocycles. The van der Waals surface area contributed by atoms with E-state index in [1.54, 1.807) is 10.8 Å². The summed E-state index contributed by atoms with van der Waals surface area (Å²) in [6.07, 6.45) is 2.60. The molecule has 1 amide bonds. The number of ether oxygens (including phenoxy) is 1. The number of hydrogen-bond donors (Lipinski definition) is 1. The Morgan fingerprint density at radius 2 is 2.08 bits per heavy atom. The topological polar surface area (TPSA) is 81.4 Å². The van der Waals surface area contributed by atoms with Crippen LogP contribution in [0.3, 0.4) is 0 Å². The number of carbonyl (C=O) groups is 1. The number of nitrogens with one attached hydrogen (secondary N) is 1. The SMILES string of the molecule is CCOc1ccccc1CNC(=O)CCc1c(C)nn2cnnc2c1C. The van der Waals surface area contributed by atoms with Crippen molar-refractivity contribution in [1.82, 2.24) is 25.1 Å². The van der Waals surface area contributed by atoms with Crippen LogP contribution in [0.25, 0.3) is 5.65 Å². The lowest BCUT2D eigenvalue weighted by atomic mass is 10.0. The molecule has 7 nitrogen and oxygen atoms in total. The highest BCUT2D eigenvalue weighted by Gasteiger charge is 2.13.